The van der Waals surface area contributed by atoms with Crippen LogP contribution in [0, 0.1) is 0 Å². The molecule has 2 atom stereocenters. The number of nitrogens with one attached hydrogen (secondary N) is 1. The highest BCUT2D eigenvalue weighted by molar-refractivity contribution is 5.95. The summed E-state index contributed by atoms with van der Waals surface area (Å²) in [5.41, 5.74) is 5.05. The number of aryl methyl sites for hydroxylation is 2. The Labute approximate surface area is 192 Å². The molecule has 8 heteroatoms. The molecule has 4 aromatic heterocycles. The fraction of sp³-hybridized carbons (Fsp3) is 0.360. The largest absolute Gasteiger partial charge is 0.391 e. The quantitative estimate of drug-likeness (QED) is 0.493. The van der Waals surface area contributed by atoms with Crippen LogP contribution in [0.3, 0.4) is 0 Å². The average molecular weight is 445 g/mol. The third-order valence-electron chi connectivity index (χ3n) is 6.42. The van der Waals surface area contributed by atoms with Gasteiger partial charge in [0.1, 0.15) is 11.3 Å². The van der Waals surface area contributed by atoms with Gasteiger partial charge in [0.15, 0.2) is 0 Å². The van der Waals surface area contributed by atoms with Gasteiger partial charge in [-0.25, -0.2) is 4.98 Å². The number of carbonyl (C=O) groups excluding carboxylic acids is 1. The molecule has 1 saturated carbocycles. The summed E-state index contributed by atoms with van der Waals surface area (Å²) < 4.78 is 3.68. The van der Waals surface area contributed by atoms with Crippen LogP contribution in [-0.4, -0.2) is 47.5 Å². The molecule has 2 N–H and O–H groups in total. The van der Waals surface area contributed by atoms with Gasteiger partial charge in [0.25, 0.3) is 5.91 Å². The number of hydrogen-bond donors (Lipinski definition) is 2. The highest BCUT2D eigenvalue weighted by Gasteiger charge is 2.26. The van der Waals surface area contributed by atoms with Crippen molar-refractivity contribution in [1.29, 1.82) is 0 Å². The van der Waals surface area contributed by atoms with E-state index in [2.05, 4.69) is 26.4 Å². The Morgan fingerprint density at radius 1 is 1.18 bits per heavy atom. The van der Waals surface area contributed by atoms with Crippen molar-refractivity contribution in [3.63, 3.8) is 0 Å². The van der Waals surface area contributed by atoms with E-state index in [1.54, 1.807) is 10.9 Å². The molecule has 33 heavy (non-hydrogen) atoms. The molecule has 8 nitrogen and oxygen atoms in total. The second-order valence-corrected chi connectivity index (χ2v) is 8.89. The lowest BCUT2D eigenvalue weighted by Crippen LogP contribution is -2.45. The molecule has 0 aliphatic heterocycles. The summed E-state index contributed by atoms with van der Waals surface area (Å²) in [5.74, 6) is -0.240. The van der Waals surface area contributed by atoms with E-state index in [1.807, 2.05) is 55.5 Å². The Kier molecular flexibility index (Phi) is 5.68. The molecule has 0 radical (unpaired) electrons. The van der Waals surface area contributed by atoms with Crippen molar-refractivity contribution in [3.05, 3.63) is 65.9 Å². The molecule has 1 aliphatic carbocycles. The van der Waals surface area contributed by atoms with E-state index in [-0.39, 0.29) is 11.9 Å². The summed E-state index contributed by atoms with van der Waals surface area (Å²) in [6.45, 7) is 0. The van der Waals surface area contributed by atoms with Gasteiger partial charge >= 0.3 is 0 Å². The summed E-state index contributed by atoms with van der Waals surface area (Å²) in [7, 11) is 3.81. The van der Waals surface area contributed by atoms with Crippen molar-refractivity contribution >= 4 is 16.9 Å². The summed E-state index contributed by atoms with van der Waals surface area (Å²) >= 11 is 0. The standard InChI is InChI=1S/C25H28N6O2/c1-30-10-9-19-17(11-16-7-8-20(26-13-16)18-14-27-31(2)15-18)12-22(28-24(19)30)25(33)29-21-5-3-4-6-23(21)32/h7-10,12-15,21,23,32H,3-6,11H2,1-2H3,(H,29,33)/t21-,23-/m1/s1. The van der Waals surface area contributed by atoms with E-state index < -0.39 is 6.10 Å². The smallest absolute Gasteiger partial charge is 0.270 e. The number of aliphatic hydroxyl groups excluding tert-OH is 1. The number of amides is 1. The van der Waals surface area contributed by atoms with Crippen molar-refractivity contribution in [3.8, 4) is 11.3 Å². The maximum absolute atomic E-state index is 13.0. The zero-order valence-electron chi connectivity index (χ0n) is 18.9. The number of carbonyl (C=O) groups is 1. The van der Waals surface area contributed by atoms with Crippen LogP contribution in [0.15, 0.2) is 49.1 Å². The third-order valence-corrected chi connectivity index (χ3v) is 6.42. The minimum Gasteiger partial charge on any atom is -0.391 e. The molecule has 1 amide bonds. The first-order valence-electron chi connectivity index (χ1n) is 11.4. The second-order valence-electron chi connectivity index (χ2n) is 8.89. The molecule has 0 spiro atoms. The van der Waals surface area contributed by atoms with Crippen molar-refractivity contribution < 1.29 is 9.90 Å². The normalized spacial score (nSPS) is 18.5. The summed E-state index contributed by atoms with van der Waals surface area (Å²) in [6, 6.07) is 7.73. The molecule has 0 bridgehead atoms. The molecule has 1 aliphatic rings. The minimum absolute atomic E-state index is 0.218. The van der Waals surface area contributed by atoms with Gasteiger partial charge in [0.05, 0.1) is 24.0 Å². The Balaban J connectivity index is 1.42. The first-order valence-corrected chi connectivity index (χ1v) is 11.4. The Morgan fingerprint density at radius 2 is 2.03 bits per heavy atom. The number of pyridine rings is 2. The van der Waals surface area contributed by atoms with Crippen LogP contribution in [-0.2, 0) is 20.5 Å². The fourth-order valence-electron chi connectivity index (χ4n) is 4.56. The van der Waals surface area contributed by atoms with Gasteiger partial charge < -0.3 is 15.0 Å². The zero-order valence-corrected chi connectivity index (χ0v) is 18.9. The number of hydrogen-bond acceptors (Lipinski definition) is 5. The monoisotopic (exact) mass is 444 g/mol. The predicted octanol–water partition coefficient (Wildman–Crippen LogP) is 2.99. The first-order chi connectivity index (χ1) is 16.0. The molecular formula is C25H28N6O2. The van der Waals surface area contributed by atoms with E-state index in [0.29, 0.717) is 12.1 Å². The van der Waals surface area contributed by atoms with Gasteiger partial charge in [-0.2, -0.15) is 5.10 Å². The fourth-order valence-corrected chi connectivity index (χ4v) is 4.56. The molecule has 4 heterocycles. The van der Waals surface area contributed by atoms with Gasteiger partial charge in [-0.3, -0.25) is 14.5 Å². The lowest BCUT2D eigenvalue weighted by atomic mass is 9.92. The maximum atomic E-state index is 13.0. The SMILES string of the molecule is Cn1cc(-c2ccc(Cc3cc(C(=O)N[C@@H]4CCCC[C@H]4O)nc4c3ccn4C)cn2)cn1. The highest BCUT2D eigenvalue weighted by Crippen LogP contribution is 2.24. The number of fused-ring (bicyclic) bond motifs is 1. The predicted molar refractivity (Wildman–Crippen MR) is 126 cm³/mol. The lowest BCUT2D eigenvalue weighted by Gasteiger charge is -2.28. The van der Waals surface area contributed by atoms with Gasteiger partial charge in [0.2, 0.25) is 0 Å². The summed E-state index contributed by atoms with van der Waals surface area (Å²) in [6.07, 6.45) is 11.2. The van der Waals surface area contributed by atoms with Gasteiger partial charge in [-0.1, -0.05) is 18.9 Å². The number of aliphatic hydroxyl groups is 1. The molecule has 0 unspecified atom stereocenters. The van der Waals surface area contributed by atoms with Gasteiger partial charge in [-0.15, -0.1) is 0 Å². The number of nitrogens with zero attached hydrogens (tertiary/aromatic N) is 5. The molecule has 4 aromatic rings. The maximum Gasteiger partial charge on any atom is 0.270 e. The summed E-state index contributed by atoms with van der Waals surface area (Å²) in [4.78, 5) is 22.3. The van der Waals surface area contributed by atoms with Crippen molar-refractivity contribution in [1.82, 2.24) is 29.6 Å². The van der Waals surface area contributed by atoms with Crippen LogP contribution < -0.4 is 5.32 Å². The number of rotatable bonds is 5. The third kappa shape index (κ3) is 4.39. The lowest BCUT2D eigenvalue weighted by molar-refractivity contribution is 0.0714. The summed E-state index contributed by atoms with van der Waals surface area (Å²) in [5, 5.41) is 18.5. The zero-order chi connectivity index (χ0) is 22.9. The molecular weight excluding hydrogens is 416 g/mol. The highest BCUT2D eigenvalue weighted by atomic mass is 16.3. The Bertz CT molecular complexity index is 1290. The topological polar surface area (TPSA) is 97.9 Å². The van der Waals surface area contributed by atoms with E-state index in [1.165, 1.54) is 0 Å². The van der Waals surface area contributed by atoms with Crippen LogP contribution in [0.2, 0.25) is 0 Å². The first kappa shape index (κ1) is 21.3. The van der Waals surface area contributed by atoms with Gasteiger partial charge in [-0.05, 0) is 48.6 Å². The van der Waals surface area contributed by atoms with Gasteiger partial charge in [0, 0.05) is 43.6 Å². The average Bonchev–Trinajstić information content (AvgIpc) is 3.42. The molecule has 0 aromatic carbocycles. The molecule has 5 rings (SSSR count). The van der Waals surface area contributed by atoms with E-state index in [0.717, 1.165) is 59.1 Å². The van der Waals surface area contributed by atoms with Crippen LogP contribution in [0.4, 0.5) is 0 Å². The van der Waals surface area contributed by atoms with E-state index in [4.69, 9.17) is 0 Å². The van der Waals surface area contributed by atoms with Crippen molar-refractivity contribution in [2.75, 3.05) is 0 Å². The molecule has 1 fully saturated rings. The Hall–Kier alpha value is -3.52. The van der Waals surface area contributed by atoms with Crippen LogP contribution in [0.5, 0.6) is 0 Å². The molecule has 170 valence electrons. The van der Waals surface area contributed by atoms with Crippen molar-refractivity contribution in [2.45, 2.75) is 44.2 Å². The molecule has 0 saturated heterocycles. The van der Waals surface area contributed by atoms with Crippen molar-refractivity contribution in [2.24, 2.45) is 14.1 Å². The Morgan fingerprint density at radius 3 is 2.76 bits per heavy atom. The van der Waals surface area contributed by atoms with Crippen LogP contribution in [0.25, 0.3) is 22.3 Å². The van der Waals surface area contributed by atoms with E-state index in [9.17, 15) is 9.90 Å². The van der Waals surface area contributed by atoms with E-state index >= 15 is 0 Å². The number of aromatic nitrogens is 5. The minimum atomic E-state index is -0.495. The van der Waals surface area contributed by atoms with Crippen LogP contribution >= 0.6 is 0 Å². The van der Waals surface area contributed by atoms with Crippen LogP contribution in [0.1, 0.15) is 47.3 Å². The second kappa shape index (κ2) is 8.78.